The van der Waals surface area contributed by atoms with Gasteiger partial charge in [-0.1, -0.05) is 24.3 Å². The molecule has 5 heteroatoms. The van der Waals surface area contributed by atoms with Crippen LogP contribution in [0.15, 0.2) is 41.5 Å². The molecule has 0 radical (unpaired) electrons. The molecule has 0 unspecified atom stereocenters. The molecule has 6 rings (SSSR count). The number of hydrogen-bond donors (Lipinski definition) is 0. The van der Waals surface area contributed by atoms with Crippen LogP contribution in [-0.4, -0.2) is 71.1 Å². The second-order valence-electron chi connectivity index (χ2n) is 6.85. The first-order valence-electron chi connectivity index (χ1n) is 7.85. The molecule has 112 valence electrons. The summed E-state index contributed by atoms with van der Waals surface area (Å²) in [7, 11) is 0. The van der Waals surface area contributed by atoms with Crippen LogP contribution in [0.4, 0.5) is 0 Å². The van der Waals surface area contributed by atoms with E-state index in [1.807, 2.05) is 18.5 Å². The number of nitrogens with zero attached hydrogens (tertiary/aromatic N) is 5. The van der Waals surface area contributed by atoms with Crippen LogP contribution < -0.4 is 0 Å². The lowest BCUT2D eigenvalue weighted by Gasteiger charge is -2.59. The highest BCUT2D eigenvalue weighted by molar-refractivity contribution is 5.88. The third kappa shape index (κ3) is 2.05. The van der Waals surface area contributed by atoms with Crippen LogP contribution in [0.1, 0.15) is 5.69 Å². The average molecular weight is 293 g/mol. The third-order valence-corrected chi connectivity index (χ3v) is 4.88. The minimum absolute atomic E-state index is 0.0298. The Kier molecular flexibility index (Phi) is 2.65. The van der Waals surface area contributed by atoms with E-state index >= 15 is 0 Å². The molecule has 22 heavy (non-hydrogen) atoms. The van der Waals surface area contributed by atoms with Crippen molar-refractivity contribution in [3.63, 3.8) is 0 Å². The fraction of sp³-hybridized carbons (Fsp3) is 0.412. The summed E-state index contributed by atoms with van der Waals surface area (Å²) in [6.07, 6.45) is 3.91. The van der Waals surface area contributed by atoms with Crippen LogP contribution in [0.3, 0.4) is 0 Å². The Morgan fingerprint density at radius 2 is 1.59 bits per heavy atom. The Hall–Kier alpha value is -1.82. The lowest BCUT2D eigenvalue weighted by molar-refractivity contribution is -0.139. The smallest absolute Gasteiger partial charge is 0.0990 e. The molecule has 0 aliphatic carbocycles. The molecule has 1 aromatic carbocycles. The minimum Gasteiger partial charge on any atom is -0.280 e. The fourth-order valence-corrected chi connectivity index (χ4v) is 4.18. The van der Waals surface area contributed by atoms with Gasteiger partial charge in [-0.2, -0.15) is 0 Å². The lowest BCUT2D eigenvalue weighted by atomic mass is 9.92. The third-order valence-electron chi connectivity index (χ3n) is 4.88. The average Bonchev–Trinajstić information content (AvgIpc) is 2.52. The largest absolute Gasteiger partial charge is 0.280 e. The maximum Gasteiger partial charge on any atom is 0.0990 e. The second kappa shape index (κ2) is 4.59. The van der Waals surface area contributed by atoms with Crippen molar-refractivity contribution in [2.24, 2.45) is 4.99 Å². The molecule has 0 amide bonds. The molecule has 2 aromatic rings. The molecule has 0 N–H and O–H groups in total. The van der Waals surface area contributed by atoms with Crippen molar-refractivity contribution in [1.29, 1.82) is 0 Å². The molecule has 4 aliphatic rings. The molecule has 1 aromatic heterocycles. The van der Waals surface area contributed by atoms with E-state index in [4.69, 9.17) is 4.99 Å². The first-order valence-corrected chi connectivity index (χ1v) is 7.85. The Morgan fingerprint density at radius 1 is 0.955 bits per heavy atom. The summed E-state index contributed by atoms with van der Waals surface area (Å²) >= 11 is 0. The Bertz CT molecular complexity index is 718. The van der Waals surface area contributed by atoms with E-state index in [-0.39, 0.29) is 5.54 Å². The van der Waals surface area contributed by atoms with Gasteiger partial charge in [0.25, 0.3) is 0 Å². The van der Waals surface area contributed by atoms with E-state index in [0.29, 0.717) is 0 Å². The van der Waals surface area contributed by atoms with E-state index in [0.717, 1.165) is 45.3 Å². The quantitative estimate of drug-likeness (QED) is 0.780. The standard InChI is InChI=1S/C17H19N5/c1-2-4-15-6-18-16(5-14(15)3-1)7-19-17-8-20-11-21(9-17)13-22(10-17)12-20/h1-7H,8-13H2. The van der Waals surface area contributed by atoms with E-state index < -0.39 is 0 Å². The lowest BCUT2D eigenvalue weighted by Crippen LogP contribution is -2.75. The summed E-state index contributed by atoms with van der Waals surface area (Å²) in [4.78, 5) is 17.0. The van der Waals surface area contributed by atoms with Crippen LogP contribution in [-0.2, 0) is 0 Å². The van der Waals surface area contributed by atoms with E-state index in [2.05, 4.69) is 43.9 Å². The van der Waals surface area contributed by atoms with Crippen molar-refractivity contribution < 1.29 is 0 Å². The summed E-state index contributed by atoms with van der Waals surface area (Å²) in [6.45, 7) is 6.52. The van der Waals surface area contributed by atoms with Crippen molar-refractivity contribution in [3.05, 3.63) is 42.2 Å². The van der Waals surface area contributed by atoms with Crippen molar-refractivity contribution in [2.45, 2.75) is 5.54 Å². The summed E-state index contributed by atoms with van der Waals surface area (Å²) in [5.74, 6) is 0. The van der Waals surface area contributed by atoms with Crippen LogP contribution >= 0.6 is 0 Å². The number of aliphatic imine (C=N–C) groups is 1. The first kappa shape index (κ1) is 12.7. The minimum atomic E-state index is 0.0298. The summed E-state index contributed by atoms with van der Waals surface area (Å²) in [6, 6.07) is 10.5. The van der Waals surface area contributed by atoms with Gasteiger partial charge in [-0.25, -0.2) is 0 Å². The van der Waals surface area contributed by atoms with E-state index in [1.54, 1.807) is 0 Å². The normalized spacial score (nSPS) is 36.5. The molecule has 0 atom stereocenters. The van der Waals surface area contributed by atoms with Gasteiger partial charge in [-0.05, 0) is 11.5 Å². The van der Waals surface area contributed by atoms with Gasteiger partial charge in [0.2, 0.25) is 0 Å². The second-order valence-corrected chi connectivity index (χ2v) is 6.85. The van der Waals surface area contributed by atoms with Gasteiger partial charge in [0.15, 0.2) is 0 Å². The topological polar surface area (TPSA) is 35.0 Å². The predicted octanol–water partition coefficient (Wildman–Crippen LogP) is 1.21. The molecule has 4 fully saturated rings. The molecule has 4 aliphatic heterocycles. The van der Waals surface area contributed by atoms with Crippen molar-refractivity contribution in [1.82, 2.24) is 19.7 Å². The summed E-state index contributed by atoms with van der Waals surface area (Å²) in [5.41, 5.74) is 0.983. The number of fused-ring (bicyclic) bond motifs is 1. The highest BCUT2D eigenvalue weighted by Gasteiger charge is 2.48. The van der Waals surface area contributed by atoms with E-state index in [9.17, 15) is 0 Å². The molecule has 4 bridgehead atoms. The van der Waals surface area contributed by atoms with Crippen molar-refractivity contribution >= 4 is 17.0 Å². The van der Waals surface area contributed by atoms with Gasteiger partial charge in [-0.15, -0.1) is 0 Å². The van der Waals surface area contributed by atoms with Gasteiger partial charge >= 0.3 is 0 Å². The van der Waals surface area contributed by atoms with Gasteiger partial charge in [-0.3, -0.25) is 24.7 Å². The zero-order valence-electron chi connectivity index (χ0n) is 12.5. The molecular formula is C17H19N5. The summed E-state index contributed by atoms with van der Waals surface area (Å²) in [5, 5.41) is 2.40. The monoisotopic (exact) mass is 293 g/mol. The molecule has 4 saturated heterocycles. The zero-order valence-corrected chi connectivity index (χ0v) is 12.5. The van der Waals surface area contributed by atoms with Gasteiger partial charge in [0.05, 0.1) is 31.2 Å². The number of pyridine rings is 1. The van der Waals surface area contributed by atoms with Crippen molar-refractivity contribution in [3.8, 4) is 0 Å². The number of hydrogen-bond acceptors (Lipinski definition) is 5. The molecule has 0 spiro atoms. The van der Waals surface area contributed by atoms with Crippen LogP contribution in [0, 0.1) is 0 Å². The molecular weight excluding hydrogens is 274 g/mol. The van der Waals surface area contributed by atoms with Crippen LogP contribution in [0.5, 0.6) is 0 Å². The summed E-state index contributed by atoms with van der Waals surface area (Å²) < 4.78 is 0. The molecule has 0 saturated carbocycles. The maximum atomic E-state index is 4.98. The van der Waals surface area contributed by atoms with Crippen LogP contribution in [0.25, 0.3) is 10.8 Å². The highest BCUT2D eigenvalue weighted by atomic mass is 15.6. The van der Waals surface area contributed by atoms with Crippen molar-refractivity contribution in [2.75, 3.05) is 39.6 Å². The predicted molar refractivity (Wildman–Crippen MR) is 86.8 cm³/mol. The number of aromatic nitrogens is 1. The molecule has 5 heterocycles. The first-order chi connectivity index (χ1) is 10.8. The fourth-order valence-electron chi connectivity index (χ4n) is 4.18. The van der Waals surface area contributed by atoms with Crippen LogP contribution in [0.2, 0.25) is 0 Å². The van der Waals surface area contributed by atoms with Gasteiger partial charge < -0.3 is 0 Å². The SMILES string of the molecule is C(=NC12CN3CN(CN(C3)C1)C2)c1cc2ccccc2cn1. The Balaban J connectivity index is 1.45. The molecule has 5 nitrogen and oxygen atoms in total. The Morgan fingerprint density at radius 3 is 2.27 bits per heavy atom. The maximum absolute atomic E-state index is 4.98. The number of rotatable bonds is 2. The van der Waals surface area contributed by atoms with E-state index in [1.165, 1.54) is 10.8 Å². The zero-order chi connectivity index (χ0) is 14.6. The van der Waals surface area contributed by atoms with Gasteiger partial charge in [0.1, 0.15) is 0 Å². The van der Waals surface area contributed by atoms with Gasteiger partial charge in [0, 0.05) is 37.4 Å². The Labute approximate surface area is 129 Å². The number of benzene rings is 1. The highest BCUT2D eigenvalue weighted by Crippen LogP contribution is 2.31.